The molecule has 2 aromatic heterocycles. The number of hydrogen-bond acceptors (Lipinski definition) is 3. The molecule has 1 aliphatic carbocycles. The van der Waals surface area contributed by atoms with Crippen molar-refractivity contribution in [3.63, 3.8) is 0 Å². The number of thiophene rings is 1. The number of H-pyrrole nitrogens is 1. The van der Waals surface area contributed by atoms with Gasteiger partial charge in [-0.2, -0.15) is 0 Å². The Balaban J connectivity index is 2.01. The first kappa shape index (κ1) is 11.0. The predicted molar refractivity (Wildman–Crippen MR) is 71.2 cm³/mol. The minimum absolute atomic E-state index is 0.125. The van der Waals surface area contributed by atoms with Gasteiger partial charge < -0.3 is 10.7 Å². The predicted octanol–water partition coefficient (Wildman–Crippen LogP) is 2.83. The van der Waals surface area contributed by atoms with E-state index in [1.807, 2.05) is 0 Å². The van der Waals surface area contributed by atoms with Crippen LogP contribution in [-0.2, 0) is 5.41 Å². The number of aromatic amines is 1. The molecule has 0 unspecified atom stereocenters. The maximum atomic E-state index is 5.92. The molecule has 17 heavy (non-hydrogen) atoms. The van der Waals surface area contributed by atoms with Gasteiger partial charge in [0, 0.05) is 17.7 Å². The average Bonchev–Trinajstić information content (AvgIpc) is 2.86. The van der Waals surface area contributed by atoms with E-state index in [1.165, 1.54) is 24.1 Å². The molecule has 0 radical (unpaired) electrons. The second-order valence-electron chi connectivity index (χ2n) is 4.87. The van der Waals surface area contributed by atoms with Gasteiger partial charge in [-0.3, -0.25) is 0 Å². The van der Waals surface area contributed by atoms with E-state index in [1.54, 1.807) is 11.3 Å². The lowest BCUT2D eigenvalue weighted by atomic mass is 9.68. The molecule has 0 atom stereocenters. The van der Waals surface area contributed by atoms with Gasteiger partial charge in [0.05, 0.1) is 4.88 Å². The lowest BCUT2D eigenvalue weighted by Gasteiger charge is -2.39. The van der Waals surface area contributed by atoms with E-state index >= 15 is 0 Å². The van der Waals surface area contributed by atoms with Crippen molar-refractivity contribution in [3.05, 3.63) is 29.0 Å². The molecule has 0 aromatic carbocycles. The van der Waals surface area contributed by atoms with Crippen LogP contribution in [0, 0.1) is 6.92 Å². The van der Waals surface area contributed by atoms with Crippen LogP contribution in [0.25, 0.3) is 10.6 Å². The van der Waals surface area contributed by atoms with Crippen molar-refractivity contribution in [3.8, 4) is 10.6 Å². The number of nitrogens with two attached hydrogens (primary N) is 1. The second-order valence-corrected chi connectivity index (χ2v) is 5.82. The molecule has 0 spiro atoms. The maximum absolute atomic E-state index is 5.92. The Morgan fingerprint density at radius 2 is 2.35 bits per heavy atom. The third-order valence-electron chi connectivity index (χ3n) is 3.84. The van der Waals surface area contributed by atoms with Crippen LogP contribution in [0.4, 0.5) is 0 Å². The summed E-state index contributed by atoms with van der Waals surface area (Å²) in [4.78, 5) is 9.47. The number of rotatable bonds is 3. The highest BCUT2D eigenvalue weighted by Crippen LogP contribution is 2.42. The van der Waals surface area contributed by atoms with Crippen LogP contribution < -0.4 is 5.73 Å². The third-order valence-corrected chi connectivity index (χ3v) is 4.72. The Hall–Kier alpha value is -1.13. The fourth-order valence-corrected chi connectivity index (χ4v) is 3.28. The lowest BCUT2D eigenvalue weighted by Crippen LogP contribution is -2.42. The van der Waals surface area contributed by atoms with Crippen LogP contribution in [0.15, 0.2) is 17.5 Å². The summed E-state index contributed by atoms with van der Waals surface area (Å²) >= 11 is 1.73. The van der Waals surface area contributed by atoms with Crippen molar-refractivity contribution in [1.82, 2.24) is 9.97 Å². The molecule has 3 nitrogen and oxygen atoms in total. The van der Waals surface area contributed by atoms with E-state index in [0.717, 1.165) is 17.2 Å². The van der Waals surface area contributed by atoms with Crippen molar-refractivity contribution in [2.24, 2.45) is 5.73 Å². The van der Waals surface area contributed by atoms with Gasteiger partial charge in [0.1, 0.15) is 11.5 Å². The minimum Gasteiger partial charge on any atom is -0.345 e. The van der Waals surface area contributed by atoms with Crippen LogP contribution in [0.2, 0.25) is 0 Å². The molecule has 1 saturated carbocycles. The number of aromatic nitrogens is 2. The third kappa shape index (κ3) is 1.63. The number of aryl methyl sites for hydroxylation is 1. The summed E-state index contributed by atoms with van der Waals surface area (Å²) in [6.07, 6.45) is 3.60. The zero-order chi connectivity index (χ0) is 11.9. The molecule has 1 aliphatic rings. The van der Waals surface area contributed by atoms with E-state index in [2.05, 4.69) is 29.4 Å². The topological polar surface area (TPSA) is 54.7 Å². The van der Waals surface area contributed by atoms with E-state index < -0.39 is 0 Å². The first-order chi connectivity index (χ1) is 8.25. The first-order valence-corrected chi connectivity index (χ1v) is 6.94. The number of nitrogens with zero attached hydrogens (tertiary/aromatic N) is 1. The number of hydrogen-bond donors (Lipinski definition) is 2. The molecule has 2 aromatic rings. The normalized spacial score (nSPS) is 18.0. The maximum Gasteiger partial charge on any atom is 0.114 e. The monoisotopic (exact) mass is 247 g/mol. The molecule has 0 bridgehead atoms. The Morgan fingerprint density at radius 3 is 2.88 bits per heavy atom. The number of nitrogens with one attached hydrogen (secondary N) is 1. The van der Waals surface area contributed by atoms with Gasteiger partial charge in [0.25, 0.3) is 0 Å². The highest BCUT2D eigenvalue weighted by atomic mass is 32.1. The number of imidazole rings is 1. The molecule has 3 N–H and O–H groups in total. The van der Waals surface area contributed by atoms with Gasteiger partial charge in [-0.15, -0.1) is 11.3 Å². The molecule has 3 rings (SSSR count). The molecule has 0 aliphatic heterocycles. The summed E-state index contributed by atoms with van der Waals surface area (Å²) in [6.45, 7) is 2.79. The van der Waals surface area contributed by atoms with Crippen LogP contribution in [0.5, 0.6) is 0 Å². The van der Waals surface area contributed by atoms with Gasteiger partial charge in [-0.1, -0.05) is 12.5 Å². The van der Waals surface area contributed by atoms with Crippen LogP contribution in [-0.4, -0.2) is 16.5 Å². The second kappa shape index (κ2) is 3.96. The van der Waals surface area contributed by atoms with E-state index in [4.69, 9.17) is 10.7 Å². The SMILES string of the molecule is Cc1[nH]c(C2(CN)CCC2)nc1-c1cccs1. The Bertz CT molecular complexity index is 503. The smallest absolute Gasteiger partial charge is 0.114 e. The summed E-state index contributed by atoms with van der Waals surface area (Å²) in [7, 11) is 0. The fourth-order valence-electron chi connectivity index (χ4n) is 2.51. The van der Waals surface area contributed by atoms with Crippen LogP contribution in [0.3, 0.4) is 0 Å². The average molecular weight is 247 g/mol. The Labute approximate surface area is 105 Å². The van der Waals surface area contributed by atoms with Gasteiger partial charge in [-0.25, -0.2) is 4.98 Å². The van der Waals surface area contributed by atoms with Crippen molar-refractivity contribution in [2.75, 3.05) is 6.54 Å². The van der Waals surface area contributed by atoms with E-state index in [0.29, 0.717) is 6.54 Å². The van der Waals surface area contributed by atoms with Gasteiger partial charge >= 0.3 is 0 Å². The standard InChI is InChI=1S/C13H17N3S/c1-9-11(10-4-2-7-17-10)16-12(15-9)13(8-14)5-3-6-13/h2,4,7H,3,5-6,8,14H2,1H3,(H,15,16). The summed E-state index contributed by atoms with van der Waals surface area (Å²) in [5.74, 6) is 1.09. The Kier molecular flexibility index (Phi) is 2.56. The highest BCUT2D eigenvalue weighted by Gasteiger charge is 2.40. The van der Waals surface area contributed by atoms with Crippen molar-refractivity contribution < 1.29 is 0 Å². The van der Waals surface area contributed by atoms with Crippen molar-refractivity contribution in [1.29, 1.82) is 0 Å². The first-order valence-electron chi connectivity index (χ1n) is 6.06. The van der Waals surface area contributed by atoms with Crippen molar-refractivity contribution >= 4 is 11.3 Å². The summed E-state index contributed by atoms with van der Waals surface area (Å²) < 4.78 is 0. The zero-order valence-electron chi connectivity index (χ0n) is 9.99. The molecule has 1 fully saturated rings. The lowest BCUT2D eigenvalue weighted by molar-refractivity contribution is 0.239. The molecule has 4 heteroatoms. The van der Waals surface area contributed by atoms with E-state index in [9.17, 15) is 0 Å². The van der Waals surface area contributed by atoms with Gasteiger partial charge in [-0.05, 0) is 31.2 Å². The van der Waals surface area contributed by atoms with Crippen molar-refractivity contribution in [2.45, 2.75) is 31.6 Å². The molecule has 0 saturated heterocycles. The fraction of sp³-hybridized carbons (Fsp3) is 0.462. The zero-order valence-corrected chi connectivity index (χ0v) is 10.8. The molecule has 90 valence electrons. The Morgan fingerprint density at radius 1 is 1.53 bits per heavy atom. The summed E-state index contributed by atoms with van der Waals surface area (Å²) in [5, 5.41) is 2.09. The molecule has 0 amide bonds. The molecular formula is C13H17N3S. The summed E-state index contributed by atoms with van der Waals surface area (Å²) in [5.41, 5.74) is 8.29. The highest BCUT2D eigenvalue weighted by molar-refractivity contribution is 7.13. The van der Waals surface area contributed by atoms with E-state index in [-0.39, 0.29) is 5.41 Å². The molecule has 2 heterocycles. The molecular weight excluding hydrogens is 230 g/mol. The van der Waals surface area contributed by atoms with Gasteiger partial charge in [0.15, 0.2) is 0 Å². The minimum atomic E-state index is 0.125. The summed E-state index contributed by atoms with van der Waals surface area (Å²) in [6, 6.07) is 4.18. The van der Waals surface area contributed by atoms with Crippen LogP contribution in [0.1, 0.15) is 30.8 Å². The quantitative estimate of drug-likeness (QED) is 0.876. The van der Waals surface area contributed by atoms with Gasteiger partial charge in [0.2, 0.25) is 0 Å². The largest absolute Gasteiger partial charge is 0.345 e. The van der Waals surface area contributed by atoms with Crippen LogP contribution >= 0.6 is 11.3 Å².